The fourth-order valence-corrected chi connectivity index (χ4v) is 2.02. The Labute approximate surface area is 120 Å². The largest absolute Gasteiger partial charge is 0.364 e. The Bertz CT molecular complexity index is 552. The number of hydrogen-bond donors (Lipinski definition) is 1. The molecule has 1 aromatic carbocycles. The van der Waals surface area contributed by atoms with Gasteiger partial charge in [0.15, 0.2) is 0 Å². The number of aromatic nitrogens is 1. The summed E-state index contributed by atoms with van der Waals surface area (Å²) in [5.41, 5.74) is 1.21. The Balaban J connectivity index is 1.75. The van der Waals surface area contributed by atoms with E-state index in [-0.39, 0.29) is 22.9 Å². The Morgan fingerprint density at radius 3 is 3.00 bits per heavy atom. The average Bonchev–Trinajstić information content (AvgIpc) is 2.92. The molecule has 2 aromatic rings. The first-order valence-electron chi connectivity index (χ1n) is 6.24. The van der Waals surface area contributed by atoms with Gasteiger partial charge in [-0.05, 0) is 25.0 Å². The van der Waals surface area contributed by atoms with Crippen molar-refractivity contribution in [1.82, 2.24) is 10.5 Å². The third-order valence-corrected chi connectivity index (χ3v) is 3.20. The molecule has 20 heavy (non-hydrogen) atoms. The normalized spacial score (nSPS) is 10.5. The first-order chi connectivity index (χ1) is 9.66. The highest BCUT2D eigenvalue weighted by molar-refractivity contribution is 6.31. The molecular formula is C14H14ClFN2O2. The summed E-state index contributed by atoms with van der Waals surface area (Å²) >= 11 is 5.87. The average molecular weight is 297 g/mol. The number of aryl methyl sites for hydroxylation is 1. The maximum Gasteiger partial charge on any atom is 0.224 e. The molecule has 0 bridgehead atoms. The van der Waals surface area contributed by atoms with Gasteiger partial charge in [-0.3, -0.25) is 4.79 Å². The first kappa shape index (κ1) is 14.5. The van der Waals surface area contributed by atoms with E-state index in [2.05, 4.69) is 10.5 Å². The summed E-state index contributed by atoms with van der Waals surface area (Å²) in [6.07, 6.45) is 4.68. The van der Waals surface area contributed by atoms with Crippen LogP contribution in [0.3, 0.4) is 0 Å². The second kappa shape index (κ2) is 7.05. The molecule has 1 heterocycles. The number of hydrogen-bond acceptors (Lipinski definition) is 3. The molecule has 0 unspecified atom stereocenters. The van der Waals surface area contributed by atoms with E-state index in [1.54, 1.807) is 18.5 Å². The SMILES string of the molecule is O=C(Cc1c(F)cccc1Cl)NCCCc1cnoc1. The molecule has 0 aliphatic carbocycles. The predicted molar refractivity (Wildman–Crippen MR) is 72.9 cm³/mol. The minimum Gasteiger partial charge on any atom is -0.364 e. The molecule has 6 heteroatoms. The monoisotopic (exact) mass is 296 g/mol. The van der Waals surface area contributed by atoms with E-state index in [1.807, 2.05) is 0 Å². The third-order valence-electron chi connectivity index (χ3n) is 2.85. The lowest BCUT2D eigenvalue weighted by Crippen LogP contribution is -2.26. The van der Waals surface area contributed by atoms with Gasteiger partial charge in [-0.2, -0.15) is 0 Å². The van der Waals surface area contributed by atoms with E-state index < -0.39 is 5.82 Å². The zero-order valence-electron chi connectivity index (χ0n) is 10.7. The van der Waals surface area contributed by atoms with E-state index in [0.717, 1.165) is 18.4 Å². The number of benzene rings is 1. The number of nitrogens with zero attached hydrogens (tertiary/aromatic N) is 1. The van der Waals surface area contributed by atoms with Crippen LogP contribution >= 0.6 is 11.6 Å². The summed E-state index contributed by atoms with van der Waals surface area (Å²) in [6.45, 7) is 0.510. The summed E-state index contributed by atoms with van der Waals surface area (Å²) in [5.74, 6) is -0.709. The molecule has 106 valence electrons. The lowest BCUT2D eigenvalue weighted by atomic mass is 10.1. The summed E-state index contributed by atoms with van der Waals surface area (Å²) in [5, 5.41) is 6.59. The minimum absolute atomic E-state index is 0.0568. The van der Waals surface area contributed by atoms with Crippen molar-refractivity contribution in [2.75, 3.05) is 6.54 Å². The fraction of sp³-hybridized carbons (Fsp3) is 0.286. The second-order valence-corrected chi connectivity index (χ2v) is 4.77. The van der Waals surface area contributed by atoms with E-state index in [4.69, 9.17) is 16.1 Å². The van der Waals surface area contributed by atoms with Crippen LogP contribution in [-0.4, -0.2) is 17.6 Å². The van der Waals surface area contributed by atoms with Gasteiger partial charge in [0, 0.05) is 22.7 Å². The highest BCUT2D eigenvalue weighted by Gasteiger charge is 2.11. The number of amides is 1. The molecule has 4 nitrogen and oxygen atoms in total. The van der Waals surface area contributed by atoms with E-state index in [0.29, 0.717) is 6.54 Å². The molecule has 0 aliphatic rings. The van der Waals surface area contributed by atoms with Gasteiger partial charge in [-0.15, -0.1) is 0 Å². The standard InChI is InChI=1S/C14H14ClFN2O2/c15-12-4-1-5-13(16)11(12)7-14(19)17-6-2-3-10-8-18-20-9-10/h1,4-5,8-9H,2-3,6-7H2,(H,17,19). The highest BCUT2D eigenvalue weighted by atomic mass is 35.5. The highest BCUT2D eigenvalue weighted by Crippen LogP contribution is 2.19. The Morgan fingerprint density at radius 2 is 2.30 bits per heavy atom. The third kappa shape index (κ3) is 4.06. The fourth-order valence-electron chi connectivity index (χ4n) is 1.79. The molecule has 1 N–H and O–H groups in total. The van der Waals surface area contributed by atoms with Crippen LogP contribution in [0.15, 0.2) is 35.2 Å². The predicted octanol–water partition coefficient (Wildman–Crippen LogP) is 2.76. The Morgan fingerprint density at radius 1 is 1.45 bits per heavy atom. The molecule has 1 aromatic heterocycles. The molecule has 0 spiro atoms. The van der Waals surface area contributed by atoms with Crippen LogP contribution in [0.25, 0.3) is 0 Å². The van der Waals surface area contributed by atoms with Gasteiger partial charge in [0.05, 0.1) is 12.6 Å². The van der Waals surface area contributed by atoms with Crippen LogP contribution in [0.1, 0.15) is 17.5 Å². The van der Waals surface area contributed by atoms with Crippen LogP contribution in [0.5, 0.6) is 0 Å². The van der Waals surface area contributed by atoms with Crippen molar-refractivity contribution in [1.29, 1.82) is 0 Å². The van der Waals surface area contributed by atoms with Crippen molar-refractivity contribution in [3.63, 3.8) is 0 Å². The smallest absolute Gasteiger partial charge is 0.224 e. The van der Waals surface area contributed by atoms with Crippen molar-refractivity contribution in [3.05, 3.63) is 52.6 Å². The Hall–Kier alpha value is -1.88. The van der Waals surface area contributed by atoms with Gasteiger partial charge in [0.25, 0.3) is 0 Å². The van der Waals surface area contributed by atoms with E-state index in [9.17, 15) is 9.18 Å². The maximum atomic E-state index is 13.5. The molecule has 0 saturated heterocycles. The molecule has 1 amide bonds. The summed E-state index contributed by atoms with van der Waals surface area (Å²) in [6, 6.07) is 4.37. The number of carbonyl (C=O) groups is 1. The van der Waals surface area contributed by atoms with Gasteiger partial charge in [-0.1, -0.05) is 22.8 Å². The van der Waals surface area contributed by atoms with Gasteiger partial charge < -0.3 is 9.84 Å². The van der Waals surface area contributed by atoms with Gasteiger partial charge in [0.2, 0.25) is 5.91 Å². The number of halogens is 2. The molecule has 0 radical (unpaired) electrons. The lowest BCUT2D eigenvalue weighted by Gasteiger charge is -2.07. The second-order valence-electron chi connectivity index (χ2n) is 4.36. The van der Waals surface area contributed by atoms with Crippen LogP contribution in [0, 0.1) is 5.82 Å². The quantitative estimate of drug-likeness (QED) is 0.834. The van der Waals surface area contributed by atoms with Crippen molar-refractivity contribution in [2.24, 2.45) is 0 Å². The van der Waals surface area contributed by atoms with Crippen LogP contribution in [0.2, 0.25) is 5.02 Å². The van der Waals surface area contributed by atoms with E-state index >= 15 is 0 Å². The van der Waals surface area contributed by atoms with Crippen molar-refractivity contribution in [3.8, 4) is 0 Å². The topological polar surface area (TPSA) is 55.1 Å². The summed E-state index contributed by atoms with van der Waals surface area (Å²) in [7, 11) is 0. The van der Waals surface area contributed by atoms with Gasteiger partial charge in [-0.25, -0.2) is 4.39 Å². The molecule has 0 aliphatic heterocycles. The lowest BCUT2D eigenvalue weighted by molar-refractivity contribution is -0.120. The molecule has 0 saturated carbocycles. The zero-order chi connectivity index (χ0) is 14.4. The summed E-state index contributed by atoms with van der Waals surface area (Å²) in [4.78, 5) is 11.7. The summed E-state index contributed by atoms with van der Waals surface area (Å²) < 4.78 is 18.2. The molecule has 0 atom stereocenters. The molecule has 0 fully saturated rings. The number of carbonyl (C=O) groups excluding carboxylic acids is 1. The van der Waals surface area contributed by atoms with Crippen LogP contribution < -0.4 is 5.32 Å². The molecular weight excluding hydrogens is 283 g/mol. The van der Waals surface area contributed by atoms with Crippen molar-refractivity contribution < 1.29 is 13.7 Å². The minimum atomic E-state index is -0.461. The van der Waals surface area contributed by atoms with Gasteiger partial charge in [0.1, 0.15) is 12.1 Å². The first-order valence-corrected chi connectivity index (χ1v) is 6.62. The zero-order valence-corrected chi connectivity index (χ0v) is 11.5. The number of nitrogens with one attached hydrogen (secondary N) is 1. The maximum absolute atomic E-state index is 13.5. The number of rotatable bonds is 6. The van der Waals surface area contributed by atoms with E-state index in [1.165, 1.54) is 12.1 Å². The van der Waals surface area contributed by atoms with Crippen LogP contribution in [0.4, 0.5) is 4.39 Å². The van der Waals surface area contributed by atoms with Gasteiger partial charge >= 0.3 is 0 Å². The van der Waals surface area contributed by atoms with Crippen LogP contribution in [-0.2, 0) is 17.6 Å². The van der Waals surface area contributed by atoms with Crippen molar-refractivity contribution >= 4 is 17.5 Å². The molecule has 2 rings (SSSR count). The van der Waals surface area contributed by atoms with Crippen molar-refractivity contribution in [2.45, 2.75) is 19.3 Å². The Kier molecular flexibility index (Phi) is 5.12.